The number of ether oxygens (including phenoxy) is 1. The quantitative estimate of drug-likeness (QED) is 0.483. The summed E-state index contributed by atoms with van der Waals surface area (Å²) < 4.78 is 5.88. The van der Waals surface area contributed by atoms with E-state index in [0.29, 0.717) is 6.61 Å². The monoisotopic (exact) mass is 399 g/mol. The van der Waals surface area contributed by atoms with Gasteiger partial charge < -0.3 is 15.8 Å². The second kappa shape index (κ2) is 8.02. The summed E-state index contributed by atoms with van der Waals surface area (Å²) in [6.07, 6.45) is 7.45. The largest absolute Gasteiger partial charge is 0.369 e. The van der Waals surface area contributed by atoms with E-state index in [0.717, 1.165) is 52.2 Å². The number of H-pyrrole nitrogens is 1. The number of pyridine rings is 1. The number of anilines is 1. The van der Waals surface area contributed by atoms with Crippen molar-refractivity contribution < 1.29 is 4.74 Å². The Morgan fingerprint density at radius 2 is 2.07 bits per heavy atom. The summed E-state index contributed by atoms with van der Waals surface area (Å²) in [5.74, 6) is 0.255. The van der Waals surface area contributed by atoms with E-state index in [-0.39, 0.29) is 12.1 Å². The Hall–Kier alpha value is -3.62. The summed E-state index contributed by atoms with van der Waals surface area (Å²) in [4.78, 5) is 12.8. The van der Waals surface area contributed by atoms with Gasteiger partial charge in [-0.3, -0.25) is 10.1 Å². The highest BCUT2D eigenvalue weighted by Gasteiger charge is 2.19. The summed E-state index contributed by atoms with van der Waals surface area (Å²) in [7, 11) is 0. The van der Waals surface area contributed by atoms with Crippen molar-refractivity contribution in [2.24, 2.45) is 0 Å². The fraction of sp³-hybridized carbons (Fsp3) is 0.182. The van der Waals surface area contributed by atoms with Crippen molar-refractivity contribution in [2.75, 3.05) is 25.4 Å². The predicted octanol–water partition coefficient (Wildman–Crippen LogP) is 2.83. The van der Waals surface area contributed by atoms with Crippen molar-refractivity contribution in [1.82, 2.24) is 30.5 Å². The molecule has 8 heteroatoms. The van der Waals surface area contributed by atoms with E-state index in [9.17, 15) is 0 Å². The lowest BCUT2D eigenvalue weighted by molar-refractivity contribution is 0.0249. The second-order valence-electron chi connectivity index (χ2n) is 7.04. The molecule has 0 saturated carbocycles. The number of nitrogens with two attached hydrogens (primary N) is 1. The predicted molar refractivity (Wildman–Crippen MR) is 116 cm³/mol. The number of benzene rings is 1. The Morgan fingerprint density at radius 3 is 2.93 bits per heavy atom. The van der Waals surface area contributed by atoms with E-state index in [4.69, 9.17) is 10.5 Å². The van der Waals surface area contributed by atoms with Gasteiger partial charge in [0.15, 0.2) is 0 Å². The van der Waals surface area contributed by atoms with E-state index < -0.39 is 0 Å². The Kier molecular flexibility index (Phi) is 4.92. The van der Waals surface area contributed by atoms with Crippen molar-refractivity contribution in [3.8, 4) is 11.3 Å². The van der Waals surface area contributed by atoms with Crippen LogP contribution in [-0.4, -0.2) is 44.8 Å². The third-order valence-corrected chi connectivity index (χ3v) is 5.09. The molecule has 4 N–H and O–H groups in total. The standard InChI is InChI=1S/C22H21N7O/c23-22-26-9-7-17(27-22)15-3-5-16-18(28-29-19(16)12-15)6-4-14-2-1-8-25-21(14)20-13-24-10-11-30-20/h1-9,12,20,24H,10-11,13H2,(H,28,29)(H2,23,26,27). The lowest BCUT2D eigenvalue weighted by Gasteiger charge is -2.24. The highest BCUT2D eigenvalue weighted by atomic mass is 16.5. The van der Waals surface area contributed by atoms with E-state index in [2.05, 4.69) is 30.5 Å². The van der Waals surface area contributed by atoms with Gasteiger partial charge in [-0.2, -0.15) is 5.10 Å². The van der Waals surface area contributed by atoms with Gasteiger partial charge in [0, 0.05) is 36.4 Å². The minimum absolute atomic E-state index is 0.0432. The normalized spacial score (nSPS) is 17.0. The van der Waals surface area contributed by atoms with Crippen LogP contribution >= 0.6 is 0 Å². The molecule has 1 saturated heterocycles. The number of aromatic amines is 1. The first-order valence-electron chi connectivity index (χ1n) is 9.80. The van der Waals surface area contributed by atoms with Gasteiger partial charge in [-0.15, -0.1) is 0 Å². The molecule has 1 atom stereocenters. The lowest BCUT2D eigenvalue weighted by atomic mass is 10.1. The molecule has 8 nitrogen and oxygen atoms in total. The summed E-state index contributed by atoms with van der Waals surface area (Å²) in [5, 5.41) is 12.0. The van der Waals surface area contributed by atoms with Crippen molar-refractivity contribution in [2.45, 2.75) is 6.10 Å². The molecule has 5 rings (SSSR count). The minimum atomic E-state index is -0.0432. The third-order valence-electron chi connectivity index (χ3n) is 5.09. The topological polar surface area (TPSA) is 115 Å². The fourth-order valence-electron chi connectivity index (χ4n) is 3.61. The Morgan fingerprint density at radius 1 is 1.10 bits per heavy atom. The number of nitrogens with one attached hydrogen (secondary N) is 2. The lowest BCUT2D eigenvalue weighted by Crippen LogP contribution is -2.34. The molecule has 1 fully saturated rings. The van der Waals surface area contributed by atoms with Crippen LogP contribution in [0.5, 0.6) is 0 Å². The molecule has 0 bridgehead atoms. The maximum Gasteiger partial charge on any atom is 0.220 e. The van der Waals surface area contributed by atoms with Crippen LogP contribution in [-0.2, 0) is 4.74 Å². The first kappa shape index (κ1) is 18.4. The van der Waals surface area contributed by atoms with Crippen LogP contribution in [0.4, 0.5) is 5.95 Å². The molecule has 3 aromatic heterocycles. The Bertz CT molecular complexity index is 1210. The van der Waals surface area contributed by atoms with Crippen LogP contribution in [0.1, 0.15) is 23.1 Å². The average Bonchev–Trinajstić information content (AvgIpc) is 3.21. The minimum Gasteiger partial charge on any atom is -0.369 e. The van der Waals surface area contributed by atoms with E-state index in [1.165, 1.54) is 0 Å². The van der Waals surface area contributed by atoms with Gasteiger partial charge in [0.25, 0.3) is 0 Å². The van der Waals surface area contributed by atoms with Crippen LogP contribution in [0.3, 0.4) is 0 Å². The maximum absolute atomic E-state index is 5.88. The number of hydrogen-bond acceptors (Lipinski definition) is 7. The third kappa shape index (κ3) is 3.66. The molecule has 0 radical (unpaired) electrons. The van der Waals surface area contributed by atoms with Crippen LogP contribution in [0, 0.1) is 0 Å². The summed E-state index contributed by atoms with van der Waals surface area (Å²) in [5.41, 5.74) is 11.2. The van der Waals surface area contributed by atoms with Gasteiger partial charge in [0.2, 0.25) is 5.95 Å². The molecular weight excluding hydrogens is 378 g/mol. The second-order valence-corrected chi connectivity index (χ2v) is 7.04. The molecule has 1 aromatic carbocycles. The number of nitrogen functional groups attached to an aromatic ring is 1. The number of morpholine rings is 1. The summed E-state index contributed by atoms with van der Waals surface area (Å²) in [6.45, 7) is 2.32. The van der Waals surface area contributed by atoms with E-state index in [1.54, 1.807) is 12.4 Å². The molecule has 0 amide bonds. The molecule has 0 spiro atoms. The maximum atomic E-state index is 5.88. The van der Waals surface area contributed by atoms with Crippen molar-refractivity contribution in [3.63, 3.8) is 0 Å². The number of fused-ring (bicyclic) bond motifs is 1. The fourth-order valence-corrected chi connectivity index (χ4v) is 3.61. The van der Waals surface area contributed by atoms with Crippen LogP contribution in [0.15, 0.2) is 48.8 Å². The van der Waals surface area contributed by atoms with Crippen molar-refractivity contribution >= 4 is 29.0 Å². The molecule has 30 heavy (non-hydrogen) atoms. The zero-order valence-corrected chi connectivity index (χ0v) is 16.2. The first-order chi connectivity index (χ1) is 14.8. The zero-order chi connectivity index (χ0) is 20.3. The summed E-state index contributed by atoms with van der Waals surface area (Å²) >= 11 is 0. The molecule has 0 aliphatic carbocycles. The van der Waals surface area contributed by atoms with Gasteiger partial charge in [-0.1, -0.05) is 18.2 Å². The van der Waals surface area contributed by atoms with Gasteiger partial charge in [-0.05, 0) is 35.9 Å². The zero-order valence-electron chi connectivity index (χ0n) is 16.2. The average molecular weight is 399 g/mol. The molecule has 4 aromatic rings. The number of rotatable bonds is 4. The number of hydrogen-bond donors (Lipinski definition) is 3. The van der Waals surface area contributed by atoms with E-state index in [1.807, 2.05) is 48.6 Å². The van der Waals surface area contributed by atoms with Crippen molar-refractivity contribution in [1.29, 1.82) is 0 Å². The van der Waals surface area contributed by atoms with Gasteiger partial charge in [0.05, 0.1) is 29.2 Å². The molecule has 1 aliphatic rings. The van der Waals surface area contributed by atoms with Crippen LogP contribution in [0.25, 0.3) is 34.3 Å². The highest BCUT2D eigenvalue weighted by molar-refractivity contribution is 5.91. The molecule has 150 valence electrons. The molecule has 4 heterocycles. The molecular formula is C22H21N7O. The Balaban J connectivity index is 1.44. The van der Waals surface area contributed by atoms with Gasteiger partial charge in [-0.25, -0.2) is 9.97 Å². The van der Waals surface area contributed by atoms with Gasteiger partial charge in [0.1, 0.15) is 6.10 Å². The Labute approximate surface area is 173 Å². The molecule has 1 unspecified atom stereocenters. The SMILES string of the molecule is Nc1nccc(-c2ccc3c(C=Cc4cccnc4C4CNCCO4)n[nH]c3c2)n1. The summed E-state index contributed by atoms with van der Waals surface area (Å²) in [6, 6.07) is 11.9. The van der Waals surface area contributed by atoms with Gasteiger partial charge >= 0.3 is 0 Å². The van der Waals surface area contributed by atoms with E-state index >= 15 is 0 Å². The first-order valence-corrected chi connectivity index (χ1v) is 9.80. The van der Waals surface area contributed by atoms with Crippen molar-refractivity contribution in [3.05, 3.63) is 65.7 Å². The van der Waals surface area contributed by atoms with Crippen LogP contribution in [0.2, 0.25) is 0 Å². The van der Waals surface area contributed by atoms with Crippen LogP contribution < -0.4 is 11.1 Å². The molecule has 1 aliphatic heterocycles. The number of aromatic nitrogens is 5. The number of nitrogens with zero attached hydrogens (tertiary/aromatic N) is 4. The highest BCUT2D eigenvalue weighted by Crippen LogP contribution is 2.26. The smallest absolute Gasteiger partial charge is 0.220 e.